The predicted molar refractivity (Wildman–Crippen MR) is 107 cm³/mol. The average Bonchev–Trinajstić information content (AvgIpc) is 2.53. The fraction of sp³-hybridized carbons (Fsp3) is 0.133. The minimum Gasteiger partial charge on any atom is -0.401 e. The lowest BCUT2D eigenvalue weighted by Crippen LogP contribution is -2.24. The van der Waals surface area contributed by atoms with Crippen molar-refractivity contribution in [1.82, 2.24) is 5.32 Å². The van der Waals surface area contributed by atoms with E-state index >= 15 is 0 Å². The normalized spacial score (nSPS) is 11.8. The monoisotopic (exact) mass is 364 g/mol. The van der Waals surface area contributed by atoms with Crippen LogP contribution in [0.2, 0.25) is 0 Å². The first-order valence-electron chi connectivity index (χ1n) is 6.80. The highest BCUT2D eigenvalue weighted by Crippen LogP contribution is 2.17. The Labute approximate surface area is 150 Å². The average molecular weight is 365 g/mol. The summed E-state index contributed by atoms with van der Waals surface area (Å²) in [6, 6.07) is 6.73. The number of benzene rings is 1. The van der Waals surface area contributed by atoms with Gasteiger partial charge in [-0.2, -0.15) is 0 Å². The third-order valence-corrected chi connectivity index (χ3v) is 3.81. The molecule has 9 heteroatoms. The topological polar surface area (TPSA) is 129 Å². The molecule has 0 atom stereocenters. The lowest BCUT2D eigenvalue weighted by atomic mass is 10.1. The molecule has 0 heterocycles. The van der Waals surface area contributed by atoms with E-state index in [0.717, 1.165) is 5.56 Å². The summed E-state index contributed by atoms with van der Waals surface area (Å²) in [7, 11) is 1.54. The van der Waals surface area contributed by atoms with Crippen LogP contribution >= 0.6 is 24.4 Å². The van der Waals surface area contributed by atoms with Gasteiger partial charge in [0.25, 0.3) is 0 Å². The standard InChI is InChI=1S/C15H20N6OS2/c1-9(20-13(17)7-11(16)8-24-14(18)23)10-3-5-12(6-4-10)21-15(22)19-2/h3-7H,1,8,16H2,2H3,(H2,17,20)(H2,18,23)(H2,19,21,22)/b11-7-. The summed E-state index contributed by atoms with van der Waals surface area (Å²) < 4.78 is 0.178. The molecule has 0 saturated heterocycles. The van der Waals surface area contributed by atoms with Gasteiger partial charge in [-0.05, 0) is 23.8 Å². The molecular formula is C15H20N6OS2. The highest BCUT2D eigenvalue weighted by Gasteiger charge is 2.02. The summed E-state index contributed by atoms with van der Waals surface area (Å²) in [5.41, 5.74) is 14.0. The Kier molecular flexibility index (Phi) is 7.93. The first kappa shape index (κ1) is 19.7. The molecule has 0 aliphatic heterocycles. The van der Waals surface area contributed by atoms with E-state index in [1.165, 1.54) is 17.8 Å². The van der Waals surface area contributed by atoms with E-state index < -0.39 is 0 Å². The number of thiol groups is 1. The number of nitrogens with two attached hydrogens (primary N) is 2. The van der Waals surface area contributed by atoms with Crippen molar-refractivity contribution in [3.05, 3.63) is 48.2 Å². The number of thioether (sulfide) groups is 1. The molecule has 0 bridgehead atoms. The number of aliphatic imine (C=N–C) groups is 1. The van der Waals surface area contributed by atoms with Crippen LogP contribution in [0.3, 0.4) is 0 Å². The van der Waals surface area contributed by atoms with Crippen molar-refractivity contribution in [2.75, 3.05) is 18.1 Å². The van der Waals surface area contributed by atoms with Crippen molar-refractivity contribution in [3.63, 3.8) is 0 Å². The minimum atomic E-state index is -0.295. The van der Waals surface area contributed by atoms with Gasteiger partial charge >= 0.3 is 6.03 Å². The maximum absolute atomic E-state index is 11.2. The fourth-order valence-electron chi connectivity index (χ4n) is 1.58. The van der Waals surface area contributed by atoms with Crippen LogP contribution in [0, 0.1) is 5.41 Å². The van der Waals surface area contributed by atoms with E-state index in [1.54, 1.807) is 31.3 Å². The van der Waals surface area contributed by atoms with Crippen molar-refractivity contribution in [2.24, 2.45) is 16.5 Å². The SMILES string of the molecule is C=C(/N=C(N)\C=C(/N)CSC(=N)S)c1ccc(NC(=O)NC)cc1. The number of hydrogen-bond acceptors (Lipinski definition) is 5. The Hall–Kier alpha value is -2.39. The van der Waals surface area contributed by atoms with Crippen LogP contribution in [-0.2, 0) is 0 Å². The summed E-state index contributed by atoms with van der Waals surface area (Å²) in [6.07, 6.45) is 1.52. The van der Waals surface area contributed by atoms with E-state index in [0.29, 0.717) is 22.8 Å². The third-order valence-electron chi connectivity index (χ3n) is 2.68. The zero-order chi connectivity index (χ0) is 18.1. The molecule has 24 heavy (non-hydrogen) atoms. The molecule has 0 aliphatic carbocycles. The summed E-state index contributed by atoms with van der Waals surface area (Å²) >= 11 is 5.05. The van der Waals surface area contributed by atoms with Crippen LogP contribution < -0.4 is 22.1 Å². The first-order chi connectivity index (χ1) is 11.3. The number of carbonyl (C=O) groups excluding carboxylic acids is 1. The zero-order valence-corrected chi connectivity index (χ0v) is 14.9. The van der Waals surface area contributed by atoms with Gasteiger partial charge in [-0.15, -0.1) is 12.6 Å². The number of amidine groups is 1. The zero-order valence-electron chi connectivity index (χ0n) is 13.2. The molecule has 7 nitrogen and oxygen atoms in total. The molecule has 0 radical (unpaired) electrons. The molecule has 0 fully saturated rings. The maximum atomic E-state index is 11.2. The highest BCUT2D eigenvalue weighted by atomic mass is 32.2. The van der Waals surface area contributed by atoms with Gasteiger partial charge in [-0.25, -0.2) is 9.79 Å². The Bertz CT molecular complexity index is 682. The number of nitrogens with zero attached hydrogens (tertiary/aromatic N) is 1. The van der Waals surface area contributed by atoms with Crippen molar-refractivity contribution in [2.45, 2.75) is 0 Å². The van der Waals surface area contributed by atoms with Crippen molar-refractivity contribution in [3.8, 4) is 0 Å². The Balaban J connectivity index is 2.73. The number of rotatable bonds is 6. The van der Waals surface area contributed by atoms with E-state index in [9.17, 15) is 4.79 Å². The van der Waals surface area contributed by atoms with Crippen LogP contribution in [0.15, 0.2) is 47.6 Å². The van der Waals surface area contributed by atoms with Gasteiger partial charge < -0.3 is 22.1 Å². The number of urea groups is 1. The van der Waals surface area contributed by atoms with E-state index in [-0.39, 0.29) is 16.2 Å². The molecule has 1 rings (SSSR count). The van der Waals surface area contributed by atoms with E-state index in [2.05, 4.69) is 34.8 Å². The summed E-state index contributed by atoms with van der Waals surface area (Å²) in [4.78, 5) is 15.4. The third kappa shape index (κ3) is 7.25. The second kappa shape index (κ2) is 9.68. The molecule has 1 aromatic carbocycles. The van der Waals surface area contributed by atoms with Crippen LogP contribution in [0.25, 0.3) is 5.70 Å². The lowest BCUT2D eigenvalue weighted by molar-refractivity contribution is 0.254. The highest BCUT2D eigenvalue weighted by molar-refractivity contribution is 8.32. The number of nitrogens with one attached hydrogen (secondary N) is 3. The largest absolute Gasteiger partial charge is 0.401 e. The van der Waals surface area contributed by atoms with Gasteiger partial charge in [0.1, 0.15) is 10.2 Å². The van der Waals surface area contributed by atoms with E-state index in [1.807, 2.05) is 0 Å². The molecule has 0 aromatic heterocycles. The van der Waals surface area contributed by atoms with Gasteiger partial charge in [-0.3, -0.25) is 5.41 Å². The number of amides is 2. The summed E-state index contributed by atoms with van der Waals surface area (Å²) in [5, 5.41) is 12.3. The molecule has 0 saturated carbocycles. The van der Waals surface area contributed by atoms with Crippen molar-refractivity contribution >= 4 is 52.0 Å². The second-order valence-corrected chi connectivity index (χ2v) is 6.31. The van der Waals surface area contributed by atoms with Gasteiger partial charge in [0, 0.05) is 24.2 Å². The quantitative estimate of drug-likeness (QED) is 0.262. The van der Waals surface area contributed by atoms with Crippen molar-refractivity contribution in [1.29, 1.82) is 5.41 Å². The molecule has 7 N–H and O–H groups in total. The molecule has 0 aliphatic rings. The smallest absolute Gasteiger partial charge is 0.318 e. The van der Waals surface area contributed by atoms with Gasteiger partial charge in [-0.1, -0.05) is 30.5 Å². The van der Waals surface area contributed by atoms with Crippen LogP contribution in [0.1, 0.15) is 5.56 Å². The van der Waals surface area contributed by atoms with Crippen LogP contribution in [0.4, 0.5) is 10.5 Å². The molecular weight excluding hydrogens is 344 g/mol. The molecule has 128 valence electrons. The van der Waals surface area contributed by atoms with E-state index in [4.69, 9.17) is 16.9 Å². The first-order valence-corrected chi connectivity index (χ1v) is 8.23. The van der Waals surface area contributed by atoms with Gasteiger partial charge in [0.05, 0.1) is 5.70 Å². The van der Waals surface area contributed by atoms with Crippen molar-refractivity contribution < 1.29 is 4.79 Å². The number of carbonyl (C=O) groups is 1. The minimum absolute atomic E-state index is 0.178. The molecule has 0 unspecified atom stereocenters. The second-order valence-electron chi connectivity index (χ2n) is 4.58. The van der Waals surface area contributed by atoms with Crippen LogP contribution in [0.5, 0.6) is 0 Å². The van der Waals surface area contributed by atoms with Gasteiger partial charge in [0.15, 0.2) is 0 Å². The van der Waals surface area contributed by atoms with Crippen LogP contribution in [-0.4, -0.2) is 29.0 Å². The Morgan fingerprint density at radius 2 is 2.04 bits per heavy atom. The molecule has 2 amide bonds. The van der Waals surface area contributed by atoms with Gasteiger partial charge in [0.2, 0.25) is 0 Å². The fourth-order valence-corrected chi connectivity index (χ4v) is 2.16. The number of hydrogen-bond donors (Lipinski definition) is 6. The predicted octanol–water partition coefficient (Wildman–Crippen LogP) is 2.21. The Morgan fingerprint density at radius 1 is 1.42 bits per heavy atom. The Morgan fingerprint density at radius 3 is 2.58 bits per heavy atom. The summed E-state index contributed by atoms with van der Waals surface area (Å²) in [6.45, 7) is 3.86. The maximum Gasteiger partial charge on any atom is 0.318 e. The molecule has 1 aromatic rings. The summed E-state index contributed by atoms with van der Waals surface area (Å²) in [5.74, 6) is 0.626. The number of anilines is 1. The lowest BCUT2D eigenvalue weighted by Gasteiger charge is -2.06. The molecule has 0 spiro atoms.